The van der Waals surface area contributed by atoms with Gasteiger partial charge in [-0.25, -0.2) is 0 Å². The molecule has 18 heavy (non-hydrogen) atoms. The molecule has 0 aromatic carbocycles. The molecule has 0 aliphatic heterocycles. The third-order valence-corrected chi connectivity index (χ3v) is 4.26. The molecular formula is C16H27NO. The van der Waals surface area contributed by atoms with Gasteiger partial charge in [0.2, 0.25) is 0 Å². The Labute approximate surface area is 111 Å². The molecule has 2 heteroatoms. The molecule has 1 aliphatic carbocycles. The molecule has 102 valence electrons. The van der Waals surface area contributed by atoms with Crippen molar-refractivity contribution in [1.29, 1.82) is 0 Å². The normalized spacial score (nSPS) is 26.4. The Morgan fingerprint density at radius 1 is 1.28 bits per heavy atom. The van der Waals surface area contributed by atoms with Crippen LogP contribution in [-0.4, -0.2) is 12.1 Å². The van der Waals surface area contributed by atoms with Gasteiger partial charge in [0, 0.05) is 18.5 Å². The lowest BCUT2D eigenvalue weighted by molar-refractivity contribution is 0.193. The minimum atomic E-state index is 0.500. The fourth-order valence-electron chi connectivity index (χ4n) is 3.32. The molecule has 2 nitrogen and oxygen atoms in total. The van der Waals surface area contributed by atoms with Crippen molar-refractivity contribution in [3.8, 4) is 0 Å². The Morgan fingerprint density at radius 3 is 2.72 bits per heavy atom. The molecule has 0 radical (unpaired) electrons. The van der Waals surface area contributed by atoms with E-state index in [1.165, 1.54) is 25.7 Å². The fourth-order valence-corrected chi connectivity index (χ4v) is 3.32. The van der Waals surface area contributed by atoms with Gasteiger partial charge in [-0.3, -0.25) is 0 Å². The largest absolute Gasteiger partial charge is 0.469 e. The molecule has 0 amide bonds. The zero-order valence-electron chi connectivity index (χ0n) is 12.0. The third kappa shape index (κ3) is 3.61. The molecule has 1 heterocycles. The van der Waals surface area contributed by atoms with Crippen LogP contribution in [0.25, 0.3) is 0 Å². The number of hydrogen-bond donors (Lipinski definition) is 1. The van der Waals surface area contributed by atoms with Crippen LogP contribution in [-0.2, 0) is 6.42 Å². The summed E-state index contributed by atoms with van der Waals surface area (Å²) in [6, 6.07) is 5.24. The molecule has 1 aromatic heterocycles. The van der Waals surface area contributed by atoms with Crippen molar-refractivity contribution >= 4 is 0 Å². The molecule has 1 aromatic rings. The van der Waals surface area contributed by atoms with Crippen LogP contribution in [0.5, 0.6) is 0 Å². The molecule has 0 bridgehead atoms. The van der Waals surface area contributed by atoms with Gasteiger partial charge in [0.25, 0.3) is 0 Å². The van der Waals surface area contributed by atoms with Crippen molar-refractivity contribution in [3.63, 3.8) is 0 Å². The average Bonchev–Trinajstić information content (AvgIpc) is 2.82. The lowest BCUT2D eigenvalue weighted by atomic mass is 9.77. The van der Waals surface area contributed by atoms with E-state index in [4.69, 9.17) is 4.42 Å². The van der Waals surface area contributed by atoms with Crippen LogP contribution in [0.1, 0.15) is 52.2 Å². The maximum absolute atomic E-state index is 5.43. The molecule has 0 spiro atoms. The Morgan fingerprint density at radius 2 is 2.06 bits per heavy atom. The molecule has 3 atom stereocenters. The van der Waals surface area contributed by atoms with E-state index in [0.717, 1.165) is 24.0 Å². The summed E-state index contributed by atoms with van der Waals surface area (Å²) in [5.41, 5.74) is 0. The molecule has 0 saturated heterocycles. The first-order valence-electron chi connectivity index (χ1n) is 7.45. The first-order valence-corrected chi connectivity index (χ1v) is 7.45. The lowest BCUT2D eigenvalue weighted by Gasteiger charge is -2.36. The lowest BCUT2D eigenvalue weighted by Crippen LogP contribution is -2.45. The summed E-state index contributed by atoms with van der Waals surface area (Å²) in [5, 5.41) is 3.83. The van der Waals surface area contributed by atoms with Gasteiger partial charge in [0.1, 0.15) is 5.76 Å². The summed E-state index contributed by atoms with van der Waals surface area (Å²) >= 11 is 0. The van der Waals surface area contributed by atoms with Gasteiger partial charge in [-0.2, -0.15) is 0 Å². The van der Waals surface area contributed by atoms with E-state index >= 15 is 0 Å². The van der Waals surface area contributed by atoms with Crippen molar-refractivity contribution in [1.82, 2.24) is 5.32 Å². The predicted octanol–water partition coefficient (Wildman–Crippen LogP) is 4.02. The van der Waals surface area contributed by atoms with Gasteiger partial charge < -0.3 is 9.73 Å². The Bertz CT molecular complexity index is 331. The van der Waals surface area contributed by atoms with Gasteiger partial charge >= 0.3 is 0 Å². The van der Waals surface area contributed by atoms with Crippen LogP contribution in [0.2, 0.25) is 0 Å². The van der Waals surface area contributed by atoms with E-state index in [1.807, 2.05) is 6.07 Å². The van der Waals surface area contributed by atoms with Crippen molar-refractivity contribution in [3.05, 3.63) is 24.2 Å². The third-order valence-electron chi connectivity index (χ3n) is 4.26. The minimum absolute atomic E-state index is 0.500. The second-order valence-corrected chi connectivity index (χ2v) is 6.15. The zero-order valence-corrected chi connectivity index (χ0v) is 12.0. The molecule has 2 rings (SSSR count). The molecule has 1 fully saturated rings. The predicted molar refractivity (Wildman–Crippen MR) is 75.6 cm³/mol. The smallest absolute Gasteiger partial charge is 0.105 e. The van der Waals surface area contributed by atoms with Crippen LogP contribution >= 0.6 is 0 Å². The average molecular weight is 249 g/mol. The van der Waals surface area contributed by atoms with Gasteiger partial charge in [-0.1, -0.05) is 26.7 Å². The summed E-state index contributed by atoms with van der Waals surface area (Å²) < 4.78 is 5.43. The minimum Gasteiger partial charge on any atom is -0.469 e. The highest BCUT2D eigenvalue weighted by Gasteiger charge is 2.28. The zero-order chi connectivity index (χ0) is 13.0. The maximum atomic E-state index is 5.43. The van der Waals surface area contributed by atoms with E-state index in [9.17, 15) is 0 Å². The Kier molecular flexibility index (Phi) is 4.87. The second-order valence-electron chi connectivity index (χ2n) is 6.15. The van der Waals surface area contributed by atoms with E-state index in [1.54, 1.807) is 6.26 Å². The highest BCUT2D eigenvalue weighted by molar-refractivity contribution is 5.00. The van der Waals surface area contributed by atoms with Gasteiger partial charge in [-0.05, 0) is 43.7 Å². The summed E-state index contributed by atoms with van der Waals surface area (Å²) in [4.78, 5) is 0. The fraction of sp³-hybridized carbons (Fsp3) is 0.750. The highest BCUT2D eigenvalue weighted by Crippen LogP contribution is 2.30. The van der Waals surface area contributed by atoms with Crippen LogP contribution < -0.4 is 5.32 Å². The molecule has 3 unspecified atom stereocenters. The number of nitrogens with one attached hydrogen (secondary N) is 1. The number of furan rings is 1. The van der Waals surface area contributed by atoms with Crippen LogP contribution in [0, 0.1) is 11.8 Å². The van der Waals surface area contributed by atoms with E-state index < -0.39 is 0 Å². The SMILES string of the molecule is CC(Cc1ccco1)NC1CCCCC1C(C)C. The number of rotatable bonds is 5. The molecular weight excluding hydrogens is 222 g/mol. The van der Waals surface area contributed by atoms with Crippen LogP contribution in [0.3, 0.4) is 0 Å². The standard InChI is InChI=1S/C16H27NO/c1-12(2)15-8-4-5-9-16(15)17-13(3)11-14-7-6-10-18-14/h6-7,10,12-13,15-17H,4-5,8-9,11H2,1-3H3. The van der Waals surface area contributed by atoms with E-state index in [-0.39, 0.29) is 0 Å². The van der Waals surface area contributed by atoms with Crippen molar-refractivity contribution in [2.45, 2.75) is 65.0 Å². The van der Waals surface area contributed by atoms with Crippen molar-refractivity contribution in [2.75, 3.05) is 0 Å². The number of hydrogen-bond acceptors (Lipinski definition) is 2. The van der Waals surface area contributed by atoms with Crippen LogP contribution in [0.4, 0.5) is 0 Å². The topological polar surface area (TPSA) is 25.2 Å². The monoisotopic (exact) mass is 249 g/mol. The Hall–Kier alpha value is -0.760. The van der Waals surface area contributed by atoms with Gasteiger partial charge in [-0.15, -0.1) is 0 Å². The van der Waals surface area contributed by atoms with E-state index in [2.05, 4.69) is 32.2 Å². The molecule has 1 saturated carbocycles. The Balaban J connectivity index is 1.86. The van der Waals surface area contributed by atoms with E-state index in [0.29, 0.717) is 12.1 Å². The summed E-state index contributed by atoms with van der Waals surface area (Å²) in [6.45, 7) is 7.00. The molecule has 1 N–H and O–H groups in total. The van der Waals surface area contributed by atoms with Gasteiger partial charge in [0.05, 0.1) is 6.26 Å². The highest BCUT2D eigenvalue weighted by atomic mass is 16.3. The first kappa shape index (κ1) is 13.7. The second kappa shape index (κ2) is 6.42. The van der Waals surface area contributed by atoms with Crippen molar-refractivity contribution < 1.29 is 4.42 Å². The molecule has 1 aliphatic rings. The van der Waals surface area contributed by atoms with Crippen molar-refractivity contribution in [2.24, 2.45) is 11.8 Å². The maximum Gasteiger partial charge on any atom is 0.105 e. The quantitative estimate of drug-likeness (QED) is 0.852. The first-order chi connectivity index (χ1) is 8.66. The summed E-state index contributed by atoms with van der Waals surface area (Å²) in [5.74, 6) is 2.73. The van der Waals surface area contributed by atoms with Gasteiger partial charge in [0.15, 0.2) is 0 Å². The summed E-state index contributed by atoms with van der Waals surface area (Å²) in [7, 11) is 0. The van der Waals surface area contributed by atoms with Crippen LogP contribution in [0.15, 0.2) is 22.8 Å². The summed E-state index contributed by atoms with van der Waals surface area (Å²) in [6.07, 6.45) is 8.28.